The van der Waals surface area contributed by atoms with Crippen molar-refractivity contribution in [1.29, 1.82) is 0 Å². The third-order valence-electron chi connectivity index (χ3n) is 3.45. The van der Waals surface area contributed by atoms with Crippen molar-refractivity contribution in [2.24, 2.45) is 0 Å². The maximum Gasteiger partial charge on any atom is 0.337 e. The van der Waals surface area contributed by atoms with Crippen LogP contribution in [0.2, 0.25) is 0 Å². The minimum absolute atomic E-state index is 0.00846. The number of aromatic nitrogens is 1. The number of aromatic carboxylic acids is 1. The summed E-state index contributed by atoms with van der Waals surface area (Å²) in [6.07, 6.45) is 1.61. The predicted molar refractivity (Wildman–Crippen MR) is 87.5 cm³/mol. The number of nitrogens with two attached hydrogens (primary N) is 1. The maximum atomic E-state index is 12.3. The molecule has 1 aromatic heterocycles. The first kappa shape index (κ1) is 14.5. The molecule has 6 nitrogen and oxygen atoms in total. The molecule has 0 radical (unpaired) electrons. The van der Waals surface area contributed by atoms with Crippen LogP contribution in [0.1, 0.15) is 20.8 Å². The lowest BCUT2D eigenvalue weighted by Crippen LogP contribution is -2.16. The smallest absolute Gasteiger partial charge is 0.337 e. The Hall–Kier alpha value is -3.41. The molecule has 1 amide bonds. The van der Waals surface area contributed by atoms with Gasteiger partial charge in [-0.3, -0.25) is 9.78 Å². The second-order valence-corrected chi connectivity index (χ2v) is 4.94. The first-order valence-corrected chi connectivity index (χ1v) is 6.84. The van der Waals surface area contributed by atoms with Crippen LogP contribution in [-0.2, 0) is 0 Å². The fourth-order valence-corrected chi connectivity index (χ4v) is 2.25. The Kier molecular flexibility index (Phi) is 3.64. The van der Waals surface area contributed by atoms with Crippen LogP contribution in [0.25, 0.3) is 10.8 Å². The molecule has 4 N–H and O–H groups in total. The van der Waals surface area contributed by atoms with Gasteiger partial charge in [-0.05, 0) is 23.6 Å². The molecule has 0 aliphatic carbocycles. The highest BCUT2D eigenvalue weighted by molar-refractivity contribution is 6.08. The molecule has 1 heterocycles. The van der Waals surface area contributed by atoms with Gasteiger partial charge in [0.05, 0.1) is 16.9 Å². The topological polar surface area (TPSA) is 105 Å². The van der Waals surface area contributed by atoms with Crippen LogP contribution >= 0.6 is 0 Å². The summed E-state index contributed by atoms with van der Waals surface area (Å²) in [5.41, 5.74) is 6.20. The number of rotatable bonds is 3. The van der Waals surface area contributed by atoms with Gasteiger partial charge in [0.15, 0.2) is 0 Å². The van der Waals surface area contributed by atoms with Crippen molar-refractivity contribution in [3.8, 4) is 0 Å². The van der Waals surface area contributed by atoms with Gasteiger partial charge in [-0.2, -0.15) is 0 Å². The van der Waals surface area contributed by atoms with Crippen LogP contribution in [0.5, 0.6) is 0 Å². The van der Waals surface area contributed by atoms with Crippen LogP contribution < -0.4 is 11.1 Å². The van der Waals surface area contributed by atoms with Crippen LogP contribution in [0.4, 0.5) is 11.4 Å². The van der Waals surface area contributed by atoms with E-state index in [4.69, 9.17) is 10.8 Å². The Bertz CT molecular complexity index is 922. The molecular weight excluding hydrogens is 294 g/mol. The number of pyridine rings is 1. The van der Waals surface area contributed by atoms with Gasteiger partial charge in [0, 0.05) is 11.6 Å². The summed E-state index contributed by atoms with van der Waals surface area (Å²) in [5.74, 6) is -1.60. The van der Waals surface area contributed by atoms with E-state index in [9.17, 15) is 9.59 Å². The SMILES string of the molecule is Nc1c(NC(=O)c2cc3ccccc3cn2)cccc1C(=O)O. The summed E-state index contributed by atoms with van der Waals surface area (Å²) in [7, 11) is 0. The zero-order valence-corrected chi connectivity index (χ0v) is 12.0. The molecule has 2 aromatic carbocycles. The average Bonchev–Trinajstić information content (AvgIpc) is 2.56. The third kappa shape index (κ3) is 2.82. The number of nitrogens with zero attached hydrogens (tertiary/aromatic N) is 1. The van der Waals surface area contributed by atoms with E-state index in [1.54, 1.807) is 18.3 Å². The number of nitrogens with one attached hydrogen (secondary N) is 1. The molecule has 23 heavy (non-hydrogen) atoms. The van der Waals surface area contributed by atoms with Crippen molar-refractivity contribution in [1.82, 2.24) is 4.98 Å². The van der Waals surface area contributed by atoms with Crippen molar-refractivity contribution in [2.75, 3.05) is 11.1 Å². The number of nitrogen functional groups attached to an aromatic ring is 1. The quantitative estimate of drug-likeness (QED) is 0.645. The Labute approximate surface area is 131 Å². The fourth-order valence-electron chi connectivity index (χ4n) is 2.25. The number of anilines is 2. The number of carboxylic acid groups (broad SMARTS) is 1. The molecule has 0 aliphatic heterocycles. The lowest BCUT2D eigenvalue weighted by atomic mass is 10.1. The van der Waals surface area contributed by atoms with Gasteiger partial charge in [-0.25, -0.2) is 4.79 Å². The molecule has 3 aromatic rings. The number of fused-ring (bicyclic) bond motifs is 1. The number of benzene rings is 2. The molecule has 0 saturated heterocycles. The molecule has 3 rings (SSSR count). The van der Waals surface area contributed by atoms with Crippen LogP contribution in [0.15, 0.2) is 54.7 Å². The van der Waals surface area contributed by atoms with Gasteiger partial charge in [0.2, 0.25) is 0 Å². The van der Waals surface area contributed by atoms with E-state index < -0.39 is 11.9 Å². The summed E-state index contributed by atoms with van der Waals surface area (Å²) in [4.78, 5) is 27.5. The van der Waals surface area contributed by atoms with E-state index in [0.29, 0.717) is 0 Å². The molecule has 0 aliphatic rings. The van der Waals surface area contributed by atoms with Gasteiger partial charge >= 0.3 is 5.97 Å². The number of amides is 1. The molecule has 114 valence electrons. The highest BCUT2D eigenvalue weighted by Crippen LogP contribution is 2.23. The van der Waals surface area contributed by atoms with Gasteiger partial charge in [0.25, 0.3) is 5.91 Å². The second kappa shape index (κ2) is 5.76. The standard InChI is InChI=1S/C17H13N3O3/c18-15-12(17(22)23)6-3-7-13(15)20-16(21)14-8-10-4-1-2-5-11(10)9-19-14/h1-9H,18H2,(H,20,21)(H,22,23). The highest BCUT2D eigenvalue weighted by atomic mass is 16.4. The van der Waals surface area contributed by atoms with Crippen LogP contribution in [0.3, 0.4) is 0 Å². The van der Waals surface area contributed by atoms with Gasteiger partial charge in [-0.15, -0.1) is 0 Å². The molecule has 6 heteroatoms. The number of carbonyl (C=O) groups is 2. The number of hydrogen-bond acceptors (Lipinski definition) is 4. The van der Waals surface area contributed by atoms with Crippen LogP contribution in [0, 0.1) is 0 Å². The lowest BCUT2D eigenvalue weighted by Gasteiger charge is -2.10. The summed E-state index contributed by atoms with van der Waals surface area (Å²) in [6.45, 7) is 0. The molecule has 0 spiro atoms. The maximum absolute atomic E-state index is 12.3. The van der Waals surface area contributed by atoms with Gasteiger partial charge in [0.1, 0.15) is 5.69 Å². The van der Waals surface area contributed by atoms with Gasteiger partial charge in [-0.1, -0.05) is 30.3 Å². The Balaban J connectivity index is 1.92. The molecular formula is C17H13N3O3. The van der Waals surface area contributed by atoms with E-state index >= 15 is 0 Å². The second-order valence-electron chi connectivity index (χ2n) is 4.94. The Morgan fingerprint density at radius 1 is 1.04 bits per heavy atom. The zero-order chi connectivity index (χ0) is 16.4. The largest absolute Gasteiger partial charge is 0.478 e. The molecule has 0 fully saturated rings. The molecule has 0 unspecified atom stereocenters. The summed E-state index contributed by atoms with van der Waals surface area (Å²) < 4.78 is 0. The minimum atomic E-state index is -1.15. The third-order valence-corrected chi connectivity index (χ3v) is 3.45. The van der Waals surface area contributed by atoms with Crippen molar-refractivity contribution in [3.63, 3.8) is 0 Å². The first-order valence-electron chi connectivity index (χ1n) is 6.84. The van der Waals surface area contributed by atoms with E-state index in [1.807, 2.05) is 24.3 Å². The number of carboxylic acids is 1. The minimum Gasteiger partial charge on any atom is -0.478 e. The monoisotopic (exact) mass is 307 g/mol. The number of para-hydroxylation sites is 1. The van der Waals surface area contributed by atoms with Crippen molar-refractivity contribution >= 4 is 34.0 Å². The van der Waals surface area contributed by atoms with Crippen LogP contribution in [-0.4, -0.2) is 22.0 Å². The Morgan fingerprint density at radius 3 is 2.52 bits per heavy atom. The lowest BCUT2D eigenvalue weighted by molar-refractivity contribution is 0.0697. The summed E-state index contributed by atoms with van der Waals surface area (Å²) >= 11 is 0. The Morgan fingerprint density at radius 2 is 1.78 bits per heavy atom. The van der Waals surface area contributed by atoms with Crippen molar-refractivity contribution in [3.05, 3.63) is 66.0 Å². The predicted octanol–water partition coefficient (Wildman–Crippen LogP) is 2.77. The summed E-state index contributed by atoms with van der Waals surface area (Å²) in [6, 6.07) is 13.7. The number of carbonyl (C=O) groups excluding carboxylic acids is 1. The van der Waals surface area contributed by atoms with Crippen molar-refractivity contribution in [2.45, 2.75) is 0 Å². The normalized spacial score (nSPS) is 10.4. The van der Waals surface area contributed by atoms with E-state index in [-0.39, 0.29) is 22.6 Å². The average molecular weight is 307 g/mol. The summed E-state index contributed by atoms with van der Waals surface area (Å²) in [5, 5.41) is 13.5. The first-order chi connectivity index (χ1) is 11.1. The molecule has 0 bridgehead atoms. The van der Waals surface area contributed by atoms with Crippen molar-refractivity contribution < 1.29 is 14.7 Å². The highest BCUT2D eigenvalue weighted by Gasteiger charge is 2.14. The zero-order valence-electron chi connectivity index (χ0n) is 12.0. The van der Waals surface area contributed by atoms with Gasteiger partial charge < -0.3 is 16.2 Å². The number of hydrogen-bond donors (Lipinski definition) is 3. The fraction of sp³-hybridized carbons (Fsp3) is 0. The molecule has 0 saturated carbocycles. The molecule has 0 atom stereocenters. The van der Waals surface area contributed by atoms with E-state index in [2.05, 4.69) is 10.3 Å². The van der Waals surface area contributed by atoms with E-state index in [0.717, 1.165) is 10.8 Å². The van der Waals surface area contributed by atoms with E-state index in [1.165, 1.54) is 12.1 Å².